The molecular formula is C18H16ClN3S2. The molecule has 1 fully saturated rings. The highest BCUT2D eigenvalue weighted by Crippen LogP contribution is 2.34. The first-order chi connectivity index (χ1) is 11.7. The summed E-state index contributed by atoms with van der Waals surface area (Å²) in [6.45, 7) is 2.29. The van der Waals surface area contributed by atoms with Crippen LogP contribution in [0.3, 0.4) is 0 Å². The van der Waals surface area contributed by atoms with Crippen LogP contribution in [0.4, 0.5) is 5.69 Å². The van der Waals surface area contributed by atoms with Crippen molar-refractivity contribution >= 4 is 40.4 Å². The molecule has 1 aliphatic heterocycles. The predicted octanol–water partition coefficient (Wildman–Crippen LogP) is 5.08. The first-order valence-electron chi connectivity index (χ1n) is 7.68. The van der Waals surface area contributed by atoms with Crippen LogP contribution in [0.1, 0.15) is 0 Å². The van der Waals surface area contributed by atoms with Gasteiger partial charge in [0.05, 0.1) is 9.90 Å². The molecule has 122 valence electrons. The van der Waals surface area contributed by atoms with Crippen molar-refractivity contribution < 1.29 is 0 Å². The van der Waals surface area contributed by atoms with E-state index in [1.54, 1.807) is 23.7 Å². The van der Waals surface area contributed by atoms with Gasteiger partial charge in [0.1, 0.15) is 5.01 Å². The van der Waals surface area contributed by atoms with Gasteiger partial charge in [-0.25, -0.2) is 4.98 Å². The summed E-state index contributed by atoms with van der Waals surface area (Å²) in [4.78, 5) is 12.2. The molecule has 4 rings (SSSR count). The Balaban J connectivity index is 1.52. The summed E-state index contributed by atoms with van der Waals surface area (Å²) >= 11 is 9.62. The molecule has 0 atom stereocenters. The quantitative estimate of drug-likeness (QED) is 0.637. The van der Waals surface area contributed by atoms with Crippen molar-refractivity contribution in [1.82, 2.24) is 9.97 Å². The van der Waals surface area contributed by atoms with Crippen LogP contribution in [0.2, 0.25) is 5.02 Å². The Hall–Kier alpha value is -1.56. The number of nitrogens with zero attached hydrogens (tertiary/aromatic N) is 3. The van der Waals surface area contributed by atoms with Crippen molar-refractivity contribution in [2.24, 2.45) is 0 Å². The van der Waals surface area contributed by atoms with Crippen LogP contribution in [0.5, 0.6) is 0 Å². The minimum atomic E-state index is 0.631. The van der Waals surface area contributed by atoms with Gasteiger partial charge in [0.2, 0.25) is 0 Å². The summed E-state index contributed by atoms with van der Waals surface area (Å²) < 4.78 is 0. The second-order valence-corrected chi connectivity index (χ2v) is 8.34. The molecule has 6 heteroatoms. The molecule has 1 aromatic carbocycles. The third-order valence-corrected chi connectivity index (χ3v) is 6.42. The second-order valence-electron chi connectivity index (χ2n) is 5.73. The van der Waals surface area contributed by atoms with Crippen LogP contribution in [0.25, 0.3) is 21.0 Å². The van der Waals surface area contributed by atoms with E-state index in [-0.39, 0.29) is 0 Å². The zero-order valence-corrected chi connectivity index (χ0v) is 15.5. The number of hydrogen-bond donors (Lipinski definition) is 0. The summed E-state index contributed by atoms with van der Waals surface area (Å²) in [5.74, 6) is 0. The molecule has 0 aliphatic carbocycles. The van der Waals surface area contributed by atoms with Crippen LogP contribution in [-0.2, 0) is 0 Å². The maximum Gasteiger partial charge on any atom is 0.125 e. The van der Waals surface area contributed by atoms with Gasteiger partial charge in [-0.05, 0) is 30.0 Å². The van der Waals surface area contributed by atoms with E-state index in [1.165, 1.54) is 11.3 Å². The van der Waals surface area contributed by atoms with Gasteiger partial charge in [-0.3, -0.25) is 4.98 Å². The number of aromatic nitrogens is 2. The van der Waals surface area contributed by atoms with Gasteiger partial charge >= 0.3 is 0 Å². The Labute approximate surface area is 154 Å². The summed E-state index contributed by atoms with van der Waals surface area (Å²) in [5, 5.41) is 2.35. The number of halogens is 1. The van der Waals surface area contributed by atoms with Crippen molar-refractivity contribution in [2.75, 3.05) is 24.2 Å². The molecule has 0 unspecified atom stereocenters. The zero-order chi connectivity index (χ0) is 16.5. The van der Waals surface area contributed by atoms with Crippen LogP contribution >= 0.6 is 34.7 Å². The predicted molar refractivity (Wildman–Crippen MR) is 105 cm³/mol. The molecule has 3 aromatic rings. The molecule has 0 amide bonds. The number of benzene rings is 1. The highest BCUT2D eigenvalue weighted by molar-refractivity contribution is 7.99. The number of hydrogen-bond acceptors (Lipinski definition) is 5. The molecule has 0 spiro atoms. The Morgan fingerprint density at radius 1 is 1.12 bits per heavy atom. The van der Waals surface area contributed by atoms with Gasteiger partial charge < -0.3 is 4.90 Å². The Morgan fingerprint density at radius 2 is 1.92 bits per heavy atom. The van der Waals surface area contributed by atoms with Gasteiger partial charge in [-0.2, -0.15) is 11.8 Å². The van der Waals surface area contributed by atoms with E-state index in [0.29, 0.717) is 5.02 Å². The number of pyridine rings is 1. The van der Waals surface area contributed by atoms with Crippen molar-refractivity contribution in [1.29, 1.82) is 0 Å². The van der Waals surface area contributed by atoms with Crippen molar-refractivity contribution in [3.63, 3.8) is 0 Å². The SMILES string of the molecule is CSC1CN(c2ccc(-c3cnc(-c4cncc(Cl)c4)s3)cc2)C1. The van der Waals surface area contributed by atoms with Crippen LogP contribution < -0.4 is 4.90 Å². The number of anilines is 1. The molecule has 3 nitrogen and oxygen atoms in total. The van der Waals surface area contributed by atoms with E-state index >= 15 is 0 Å². The molecule has 1 aliphatic rings. The minimum Gasteiger partial charge on any atom is -0.369 e. The Kier molecular flexibility index (Phi) is 4.48. The average molecular weight is 374 g/mol. The minimum absolute atomic E-state index is 0.631. The van der Waals surface area contributed by atoms with Crippen LogP contribution in [0.15, 0.2) is 48.9 Å². The number of thiazole rings is 1. The lowest BCUT2D eigenvalue weighted by atomic mass is 10.1. The topological polar surface area (TPSA) is 29.0 Å². The fourth-order valence-electron chi connectivity index (χ4n) is 2.70. The fourth-order valence-corrected chi connectivity index (χ4v) is 4.44. The first-order valence-corrected chi connectivity index (χ1v) is 10.2. The van der Waals surface area contributed by atoms with Crippen LogP contribution in [-0.4, -0.2) is 34.6 Å². The Bertz CT molecular complexity index is 841. The third kappa shape index (κ3) is 3.16. The maximum absolute atomic E-state index is 6.01. The molecule has 2 aromatic heterocycles. The number of rotatable bonds is 4. The number of thioether (sulfide) groups is 1. The van der Waals surface area contributed by atoms with Gasteiger partial charge in [-0.15, -0.1) is 11.3 Å². The molecule has 3 heterocycles. The molecule has 24 heavy (non-hydrogen) atoms. The highest BCUT2D eigenvalue weighted by atomic mass is 35.5. The molecule has 1 saturated heterocycles. The normalized spacial score (nSPS) is 14.7. The van der Waals surface area contributed by atoms with E-state index in [9.17, 15) is 0 Å². The van der Waals surface area contributed by atoms with Crippen molar-refractivity contribution in [3.05, 3.63) is 53.9 Å². The molecule has 0 N–H and O–H groups in total. The van der Waals surface area contributed by atoms with Crippen LogP contribution in [0, 0.1) is 0 Å². The lowest BCUT2D eigenvalue weighted by molar-refractivity contribution is 0.636. The van der Waals surface area contributed by atoms with Gasteiger partial charge in [0, 0.05) is 48.2 Å². The summed E-state index contributed by atoms with van der Waals surface area (Å²) in [6, 6.07) is 10.6. The van der Waals surface area contributed by atoms with E-state index in [0.717, 1.165) is 33.8 Å². The molecule has 0 radical (unpaired) electrons. The lowest BCUT2D eigenvalue weighted by Crippen LogP contribution is -2.48. The van der Waals surface area contributed by atoms with Crippen molar-refractivity contribution in [2.45, 2.75) is 5.25 Å². The smallest absolute Gasteiger partial charge is 0.125 e. The summed E-state index contributed by atoms with van der Waals surface area (Å²) in [7, 11) is 0. The summed E-state index contributed by atoms with van der Waals surface area (Å²) in [5.41, 5.74) is 3.45. The van der Waals surface area contributed by atoms with E-state index in [4.69, 9.17) is 11.6 Å². The van der Waals surface area contributed by atoms with Gasteiger partial charge in [0.25, 0.3) is 0 Å². The summed E-state index contributed by atoms with van der Waals surface area (Å²) in [6.07, 6.45) is 7.53. The van der Waals surface area contributed by atoms with Gasteiger partial charge in [-0.1, -0.05) is 23.7 Å². The van der Waals surface area contributed by atoms with Crippen molar-refractivity contribution in [3.8, 4) is 21.0 Å². The fraction of sp³-hybridized carbons (Fsp3) is 0.222. The standard InChI is InChI=1S/C18H16ClN3S2/c1-23-16-10-22(11-16)15-4-2-12(3-5-15)17-9-21-18(24-17)13-6-14(19)8-20-7-13/h2-9,16H,10-11H2,1H3. The van der Waals surface area contributed by atoms with E-state index < -0.39 is 0 Å². The zero-order valence-electron chi connectivity index (χ0n) is 13.1. The maximum atomic E-state index is 6.01. The van der Waals surface area contributed by atoms with Gasteiger partial charge in [0.15, 0.2) is 0 Å². The monoisotopic (exact) mass is 373 g/mol. The first kappa shape index (κ1) is 15.9. The highest BCUT2D eigenvalue weighted by Gasteiger charge is 2.25. The second kappa shape index (κ2) is 6.75. The Morgan fingerprint density at radius 3 is 2.62 bits per heavy atom. The van der Waals surface area contributed by atoms with E-state index in [1.807, 2.05) is 24.0 Å². The lowest BCUT2D eigenvalue weighted by Gasteiger charge is -2.40. The molecule has 0 saturated carbocycles. The third-order valence-electron chi connectivity index (χ3n) is 4.16. The average Bonchev–Trinajstić information content (AvgIpc) is 3.05. The van der Waals surface area contributed by atoms with E-state index in [2.05, 4.69) is 45.4 Å². The molecular weight excluding hydrogens is 358 g/mol. The molecule has 0 bridgehead atoms. The largest absolute Gasteiger partial charge is 0.369 e.